The van der Waals surface area contributed by atoms with Crippen LogP contribution in [0.1, 0.15) is 12.8 Å². The van der Waals surface area contributed by atoms with Crippen molar-refractivity contribution >= 4 is 34.0 Å². The first kappa shape index (κ1) is 25.6. The Balaban J connectivity index is 1.12. The summed E-state index contributed by atoms with van der Waals surface area (Å²) in [6.45, 7) is 4.00. The molecule has 2 N–H and O–H groups in total. The highest BCUT2D eigenvalue weighted by Gasteiger charge is 2.37. The molecule has 3 aromatic rings. The third kappa shape index (κ3) is 5.77. The van der Waals surface area contributed by atoms with Crippen LogP contribution in [-0.2, 0) is 9.59 Å². The second-order valence-electron chi connectivity index (χ2n) is 9.91. The van der Waals surface area contributed by atoms with Gasteiger partial charge in [0.1, 0.15) is 5.75 Å². The lowest BCUT2D eigenvalue weighted by Gasteiger charge is -2.39. The number of methoxy groups -OCH3 is 1. The zero-order valence-electron chi connectivity index (χ0n) is 21.9. The molecule has 0 aromatic heterocycles. The number of nitrogens with zero attached hydrogens (tertiary/aromatic N) is 2. The lowest BCUT2D eigenvalue weighted by atomic mass is 9.81. The van der Waals surface area contributed by atoms with Crippen LogP contribution in [0.5, 0.6) is 5.75 Å². The van der Waals surface area contributed by atoms with Gasteiger partial charge in [0.25, 0.3) is 0 Å². The number of rotatable bonds is 8. The number of nitrogens with one attached hydrogen (secondary N) is 2. The van der Waals surface area contributed by atoms with Crippen LogP contribution < -0.4 is 20.3 Å². The quantitative estimate of drug-likeness (QED) is 0.348. The van der Waals surface area contributed by atoms with Gasteiger partial charge >= 0.3 is 0 Å². The molecule has 38 heavy (non-hydrogen) atoms. The van der Waals surface area contributed by atoms with Crippen LogP contribution in [0.2, 0.25) is 0 Å². The number of hydrogen-bond donors (Lipinski definition) is 2. The van der Waals surface area contributed by atoms with E-state index in [2.05, 4.69) is 51.9 Å². The Kier molecular flexibility index (Phi) is 8.12. The molecule has 0 bridgehead atoms. The summed E-state index contributed by atoms with van der Waals surface area (Å²) < 4.78 is 5.25. The largest absolute Gasteiger partial charge is 0.497 e. The molecule has 1 fully saturated rings. The molecule has 1 heterocycles. The van der Waals surface area contributed by atoms with E-state index in [1.54, 1.807) is 7.11 Å². The predicted molar refractivity (Wildman–Crippen MR) is 153 cm³/mol. The number of ether oxygens (including phenoxy) is 1. The van der Waals surface area contributed by atoms with Crippen molar-refractivity contribution in [3.63, 3.8) is 0 Å². The Morgan fingerprint density at radius 3 is 2.32 bits per heavy atom. The van der Waals surface area contributed by atoms with Crippen LogP contribution >= 0.6 is 0 Å². The smallest absolute Gasteiger partial charge is 0.226 e. The monoisotopic (exact) mass is 512 g/mol. The fourth-order valence-corrected chi connectivity index (χ4v) is 5.48. The average molecular weight is 513 g/mol. The molecule has 2 atom stereocenters. The molecular weight excluding hydrogens is 476 g/mol. The van der Waals surface area contributed by atoms with E-state index in [1.165, 1.54) is 5.39 Å². The van der Waals surface area contributed by atoms with Crippen molar-refractivity contribution in [3.8, 4) is 5.75 Å². The van der Waals surface area contributed by atoms with E-state index in [0.717, 1.165) is 35.6 Å². The SMILES string of the molecule is COc1ccc(N2CCN(C(=O)C3CC=CCC3C(=O)NCCNc3cccc4ccccc34)CC2)cc1. The van der Waals surface area contributed by atoms with Crippen LogP contribution in [-0.4, -0.2) is 63.1 Å². The summed E-state index contributed by atoms with van der Waals surface area (Å²) in [7, 11) is 1.66. The normalized spacial score (nSPS) is 19.3. The lowest BCUT2D eigenvalue weighted by Crippen LogP contribution is -2.52. The number of piperazine rings is 1. The standard InChI is InChI=1S/C31H36N4O3/c1-38-25-15-13-24(14-16-25)34-19-21-35(22-20-34)31(37)28-11-5-4-10-27(28)30(36)33-18-17-32-29-12-6-8-23-7-2-3-9-26(23)29/h2-9,12-16,27-28,32H,10-11,17-22H2,1H3,(H,33,36). The number of carbonyl (C=O) groups is 2. The van der Waals surface area contributed by atoms with Gasteiger partial charge in [0.05, 0.1) is 18.9 Å². The summed E-state index contributed by atoms with van der Waals surface area (Å²) in [6.07, 6.45) is 5.29. The van der Waals surface area contributed by atoms with Crippen molar-refractivity contribution < 1.29 is 14.3 Å². The summed E-state index contributed by atoms with van der Waals surface area (Å²) in [5.41, 5.74) is 2.19. The Morgan fingerprint density at radius 1 is 0.842 bits per heavy atom. The van der Waals surface area contributed by atoms with Gasteiger partial charge in [-0.15, -0.1) is 0 Å². The van der Waals surface area contributed by atoms with Crippen molar-refractivity contribution in [2.75, 3.05) is 56.6 Å². The van der Waals surface area contributed by atoms with Crippen molar-refractivity contribution in [2.24, 2.45) is 11.8 Å². The molecule has 0 spiro atoms. The summed E-state index contributed by atoms with van der Waals surface area (Å²) >= 11 is 0. The van der Waals surface area contributed by atoms with Gasteiger partial charge in [0, 0.05) is 56.0 Å². The van der Waals surface area contributed by atoms with Gasteiger partial charge < -0.3 is 25.2 Å². The van der Waals surface area contributed by atoms with Crippen LogP contribution in [0, 0.1) is 11.8 Å². The van der Waals surface area contributed by atoms with Gasteiger partial charge in [-0.2, -0.15) is 0 Å². The number of fused-ring (bicyclic) bond motifs is 1. The first-order valence-electron chi connectivity index (χ1n) is 13.5. The van der Waals surface area contributed by atoms with E-state index in [4.69, 9.17) is 4.74 Å². The van der Waals surface area contributed by atoms with E-state index in [1.807, 2.05) is 47.4 Å². The van der Waals surface area contributed by atoms with Gasteiger partial charge in [-0.05, 0) is 48.6 Å². The molecule has 3 aromatic carbocycles. The number of hydrogen-bond acceptors (Lipinski definition) is 5. The Labute approximate surface area is 224 Å². The maximum absolute atomic E-state index is 13.5. The van der Waals surface area contributed by atoms with Crippen molar-refractivity contribution in [1.29, 1.82) is 0 Å². The second-order valence-corrected chi connectivity index (χ2v) is 9.91. The van der Waals surface area contributed by atoms with E-state index in [0.29, 0.717) is 39.0 Å². The Bertz CT molecular complexity index is 1280. The number of amides is 2. The Hall–Kier alpha value is -4.00. The van der Waals surface area contributed by atoms with Gasteiger partial charge in [-0.1, -0.05) is 48.6 Å². The Morgan fingerprint density at radius 2 is 1.55 bits per heavy atom. The number of carbonyl (C=O) groups excluding carboxylic acids is 2. The molecule has 1 aliphatic carbocycles. The fourth-order valence-electron chi connectivity index (χ4n) is 5.48. The third-order valence-corrected chi connectivity index (χ3v) is 7.64. The van der Waals surface area contributed by atoms with Gasteiger partial charge in [-0.25, -0.2) is 0 Å². The summed E-state index contributed by atoms with van der Waals surface area (Å²) in [6, 6.07) is 22.5. The van der Waals surface area contributed by atoms with Gasteiger partial charge in [0.2, 0.25) is 11.8 Å². The van der Waals surface area contributed by atoms with Gasteiger partial charge in [0.15, 0.2) is 0 Å². The molecule has 2 amide bonds. The predicted octanol–water partition coefficient (Wildman–Crippen LogP) is 4.31. The molecule has 2 aliphatic rings. The minimum atomic E-state index is -0.329. The summed E-state index contributed by atoms with van der Waals surface area (Å²) in [5, 5.41) is 8.86. The third-order valence-electron chi connectivity index (χ3n) is 7.64. The maximum atomic E-state index is 13.5. The minimum Gasteiger partial charge on any atom is -0.497 e. The topological polar surface area (TPSA) is 73.9 Å². The molecule has 5 rings (SSSR count). The molecule has 2 unspecified atom stereocenters. The molecular formula is C31H36N4O3. The van der Waals surface area contributed by atoms with Crippen molar-refractivity contribution in [3.05, 3.63) is 78.9 Å². The minimum absolute atomic E-state index is 0.0377. The van der Waals surface area contributed by atoms with Crippen LogP contribution in [0.3, 0.4) is 0 Å². The van der Waals surface area contributed by atoms with E-state index in [9.17, 15) is 9.59 Å². The van der Waals surface area contributed by atoms with Crippen molar-refractivity contribution in [1.82, 2.24) is 10.2 Å². The molecule has 7 heteroatoms. The zero-order valence-corrected chi connectivity index (χ0v) is 21.9. The number of benzene rings is 3. The van der Waals surface area contributed by atoms with Crippen LogP contribution in [0.15, 0.2) is 78.9 Å². The van der Waals surface area contributed by atoms with Crippen LogP contribution in [0.4, 0.5) is 11.4 Å². The highest BCUT2D eigenvalue weighted by Crippen LogP contribution is 2.29. The molecule has 0 radical (unpaired) electrons. The van der Waals surface area contributed by atoms with E-state index in [-0.39, 0.29) is 23.7 Å². The molecule has 1 aliphatic heterocycles. The number of allylic oxidation sites excluding steroid dienone is 2. The van der Waals surface area contributed by atoms with Gasteiger partial charge in [-0.3, -0.25) is 9.59 Å². The van der Waals surface area contributed by atoms with E-state index >= 15 is 0 Å². The highest BCUT2D eigenvalue weighted by molar-refractivity contribution is 5.94. The molecule has 7 nitrogen and oxygen atoms in total. The molecule has 198 valence electrons. The lowest BCUT2D eigenvalue weighted by molar-refractivity contribution is -0.142. The molecule has 0 saturated carbocycles. The zero-order chi connectivity index (χ0) is 26.3. The van der Waals surface area contributed by atoms with Crippen molar-refractivity contribution in [2.45, 2.75) is 12.8 Å². The van der Waals surface area contributed by atoms with Crippen LogP contribution in [0.25, 0.3) is 10.8 Å². The number of anilines is 2. The maximum Gasteiger partial charge on any atom is 0.226 e. The van der Waals surface area contributed by atoms with E-state index < -0.39 is 0 Å². The summed E-state index contributed by atoms with van der Waals surface area (Å²) in [5.74, 6) is 0.256. The first-order valence-corrected chi connectivity index (χ1v) is 13.5. The summed E-state index contributed by atoms with van der Waals surface area (Å²) in [4.78, 5) is 30.9. The molecule has 1 saturated heterocycles. The fraction of sp³-hybridized carbons (Fsp3) is 0.355. The first-order chi connectivity index (χ1) is 18.6. The highest BCUT2D eigenvalue weighted by atomic mass is 16.5. The average Bonchev–Trinajstić information content (AvgIpc) is 2.99. The second kappa shape index (κ2) is 12.0.